The summed E-state index contributed by atoms with van der Waals surface area (Å²) >= 11 is 0. The SMILES string of the molecule is CCCCCCCCCCCCCCOC(=O)C(N)CC(=O)[O-].[Na+]. The molecule has 0 spiro atoms. The molecule has 6 heteroatoms. The van der Waals surface area contributed by atoms with E-state index in [1.165, 1.54) is 57.8 Å². The molecular weight excluding hydrogens is 317 g/mol. The molecule has 0 radical (unpaired) electrons. The van der Waals surface area contributed by atoms with Gasteiger partial charge in [0.15, 0.2) is 0 Å². The Hall–Kier alpha value is -0.100. The summed E-state index contributed by atoms with van der Waals surface area (Å²) < 4.78 is 4.94. The molecule has 0 aromatic carbocycles. The monoisotopic (exact) mass is 351 g/mol. The van der Waals surface area contributed by atoms with Crippen LogP contribution in [0.5, 0.6) is 0 Å². The number of rotatable bonds is 16. The standard InChI is InChI=1S/C18H35NO4.Na/c1-2-3-4-5-6-7-8-9-10-11-12-13-14-23-18(22)16(19)15-17(20)21;/h16H,2-15,19H2,1H3,(H,20,21);/q;+1/p-1. The van der Waals surface area contributed by atoms with Crippen molar-refractivity contribution in [1.29, 1.82) is 0 Å². The van der Waals surface area contributed by atoms with Gasteiger partial charge >= 0.3 is 35.5 Å². The van der Waals surface area contributed by atoms with Gasteiger partial charge in [-0.3, -0.25) is 4.79 Å². The third kappa shape index (κ3) is 18.2. The molecule has 0 aliphatic rings. The molecule has 0 aromatic rings. The Morgan fingerprint density at radius 1 is 0.875 bits per heavy atom. The van der Waals surface area contributed by atoms with E-state index in [1.807, 2.05) is 0 Å². The molecule has 0 saturated carbocycles. The summed E-state index contributed by atoms with van der Waals surface area (Å²) in [5, 5.41) is 10.3. The van der Waals surface area contributed by atoms with Crippen molar-refractivity contribution in [2.45, 2.75) is 96.4 Å². The maximum absolute atomic E-state index is 11.3. The van der Waals surface area contributed by atoms with Gasteiger partial charge in [0.1, 0.15) is 6.04 Å². The van der Waals surface area contributed by atoms with E-state index in [9.17, 15) is 14.7 Å². The van der Waals surface area contributed by atoms with Crippen LogP contribution < -0.4 is 40.4 Å². The van der Waals surface area contributed by atoms with Gasteiger partial charge in [-0.1, -0.05) is 77.6 Å². The van der Waals surface area contributed by atoms with Crippen LogP contribution in [0.1, 0.15) is 90.4 Å². The van der Waals surface area contributed by atoms with Gasteiger partial charge in [0.05, 0.1) is 6.61 Å². The second kappa shape index (κ2) is 19.2. The molecule has 1 atom stereocenters. The zero-order valence-corrected chi connectivity index (χ0v) is 17.7. The van der Waals surface area contributed by atoms with Crippen molar-refractivity contribution >= 4 is 11.9 Å². The average molecular weight is 351 g/mol. The number of unbranched alkanes of at least 4 members (excludes halogenated alkanes) is 11. The van der Waals surface area contributed by atoms with Gasteiger partial charge in [0.25, 0.3) is 0 Å². The predicted octanol–water partition coefficient (Wildman–Crippen LogP) is -0.298. The first-order chi connectivity index (χ1) is 11.1. The summed E-state index contributed by atoms with van der Waals surface area (Å²) in [6.07, 6.45) is 14.5. The first kappa shape index (κ1) is 26.1. The number of ether oxygens (including phenoxy) is 1. The van der Waals surface area contributed by atoms with Gasteiger partial charge in [0, 0.05) is 12.4 Å². The summed E-state index contributed by atoms with van der Waals surface area (Å²) in [5.41, 5.74) is 5.37. The molecule has 0 aliphatic carbocycles. The van der Waals surface area contributed by atoms with Crippen molar-refractivity contribution in [2.75, 3.05) is 6.61 Å². The van der Waals surface area contributed by atoms with Gasteiger partial charge in [0.2, 0.25) is 0 Å². The molecule has 0 saturated heterocycles. The molecule has 24 heavy (non-hydrogen) atoms. The minimum absolute atomic E-state index is 0. The predicted molar refractivity (Wildman–Crippen MR) is 89.6 cm³/mol. The van der Waals surface area contributed by atoms with Crippen molar-refractivity contribution in [2.24, 2.45) is 5.73 Å². The summed E-state index contributed by atoms with van der Waals surface area (Å²) in [4.78, 5) is 21.6. The Morgan fingerprint density at radius 3 is 1.71 bits per heavy atom. The normalized spacial score (nSPS) is 11.6. The van der Waals surface area contributed by atoms with Crippen molar-refractivity contribution in [3.05, 3.63) is 0 Å². The van der Waals surface area contributed by atoms with Gasteiger partial charge < -0.3 is 20.4 Å². The van der Waals surface area contributed by atoms with Crippen LogP contribution in [0.4, 0.5) is 0 Å². The molecule has 0 aromatic heterocycles. The largest absolute Gasteiger partial charge is 1.00 e. The molecule has 136 valence electrons. The third-order valence-electron chi connectivity index (χ3n) is 3.93. The van der Waals surface area contributed by atoms with E-state index >= 15 is 0 Å². The number of carbonyl (C=O) groups is 2. The first-order valence-corrected chi connectivity index (χ1v) is 9.20. The van der Waals surface area contributed by atoms with Crippen molar-refractivity contribution in [1.82, 2.24) is 0 Å². The Kier molecular flexibility index (Phi) is 20.9. The Morgan fingerprint density at radius 2 is 1.29 bits per heavy atom. The van der Waals surface area contributed by atoms with E-state index in [0.29, 0.717) is 6.61 Å². The Bertz CT molecular complexity index is 313. The smallest absolute Gasteiger partial charge is 0.550 e. The van der Waals surface area contributed by atoms with E-state index in [1.54, 1.807) is 0 Å². The van der Waals surface area contributed by atoms with Gasteiger partial charge in [-0.05, 0) is 6.42 Å². The van der Waals surface area contributed by atoms with Gasteiger partial charge in [-0.15, -0.1) is 0 Å². The fraction of sp³-hybridized carbons (Fsp3) is 0.889. The van der Waals surface area contributed by atoms with Crippen LogP contribution in [-0.4, -0.2) is 24.6 Å². The second-order valence-corrected chi connectivity index (χ2v) is 6.24. The number of nitrogens with two attached hydrogens (primary N) is 1. The number of aliphatic carboxylic acids is 1. The number of hydrogen-bond donors (Lipinski definition) is 1. The molecule has 0 bridgehead atoms. The van der Waals surface area contributed by atoms with E-state index in [2.05, 4.69) is 6.92 Å². The van der Waals surface area contributed by atoms with Crippen molar-refractivity contribution in [3.8, 4) is 0 Å². The van der Waals surface area contributed by atoms with Crippen LogP contribution in [-0.2, 0) is 14.3 Å². The van der Waals surface area contributed by atoms with Crippen LogP contribution in [0.25, 0.3) is 0 Å². The molecule has 2 N–H and O–H groups in total. The quantitative estimate of drug-likeness (QED) is 0.234. The second-order valence-electron chi connectivity index (χ2n) is 6.24. The number of carboxylic acid groups (broad SMARTS) is 1. The summed E-state index contributed by atoms with van der Waals surface area (Å²) in [6, 6.07) is -1.11. The van der Waals surface area contributed by atoms with Crippen LogP contribution in [0.15, 0.2) is 0 Å². The summed E-state index contributed by atoms with van der Waals surface area (Å²) in [6.45, 7) is 2.56. The molecular formula is C18H34NNaO4. The zero-order valence-electron chi connectivity index (χ0n) is 15.7. The van der Waals surface area contributed by atoms with E-state index in [4.69, 9.17) is 10.5 Å². The third-order valence-corrected chi connectivity index (χ3v) is 3.93. The maximum Gasteiger partial charge on any atom is 1.00 e. The zero-order chi connectivity index (χ0) is 17.3. The Balaban J connectivity index is 0. The molecule has 1 unspecified atom stereocenters. The van der Waals surface area contributed by atoms with Crippen molar-refractivity contribution < 1.29 is 49.0 Å². The van der Waals surface area contributed by atoms with Crippen LogP contribution in [0.2, 0.25) is 0 Å². The fourth-order valence-electron chi connectivity index (χ4n) is 2.49. The fourth-order valence-corrected chi connectivity index (χ4v) is 2.49. The van der Waals surface area contributed by atoms with Gasteiger partial charge in [-0.25, -0.2) is 0 Å². The van der Waals surface area contributed by atoms with Gasteiger partial charge in [-0.2, -0.15) is 0 Å². The number of carboxylic acids is 1. The maximum atomic E-state index is 11.3. The molecule has 0 heterocycles. The number of esters is 1. The first-order valence-electron chi connectivity index (χ1n) is 9.20. The van der Waals surface area contributed by atoms with E-state index in [-0.39, 0.29) is 29.6 Å². The Labute approximate surface area is 169 Å². The van der Waals surface area contributed by atoms with Crippen LogP contribution in [0, 0.1) is 0 Å². The van der Waals surface area contributed by atoms with Crippen LogP contribution in [0.3, 0.4) is 0 Å². The molecule has 0 fully saturated rings. The molecule has 5 nitrogen and oxygen atoms in total. The average Bonchev–Trinajstić information content (AvgIpc) is 2.51. The molecule has 0 amide bonds. The van der Waals surface area contributed by atoms with E-state index < -0.39 is 24.4 Å². The number of hydrogen-bond acceptors (Lipinski definition) is 5. The minimum Gasteiger partial charge on any atom is -0.550 e. The van der Waals surface area contributed by atoms with Crippen LogP contribution >= 0.6 is 0 Å². The summed E-state index contributed by atoms with van der Waals surface area (Å²) in [7, 11) is 0. The molecule has 0 rings (SSSR count). The van der Waals surface area contributed by atoms with Crippen molar-refractivity contribution in [3.63, 3.8) is 0 Å². The number of carbonyl (C=O) groups excluding carboxylic acids is 2. The topological polar surface area (TPSA) is 92.5 Å². The molecule has 0 aliphatic heterocycles. The minimum atomic E-state index is -1.33. The van der Waals surface area contributed by atoms with E-state index in [0.717, 1.165) is 19.3 Å². The summed E-state index contributed by atoms with van der Waals surface area (Å²) in [5.74, 6) is -1.99.